The van der Waals surface area contributed by atoms with E-state index in [1.54, 1.807) is 0 Å². The summed E-state index contributed by atoms with van der Waals surface area (Å²) in [5.74, 6) is 0. The maximum absolute atomic E-state index is 2.65. The lowest BCUT2D eigenvalue weighted by molar-refractivity contribution is 0.114. The lowest BCUT2D eigenvalue weighted by atomic mass is 9.96. The van der Waals surface area contributed by atoms with Gasteiger partial charge in [0.15, 0.2) is 0 Å². The molecular weight excluding hydrogens is 194 g/mol. The van der Waals surface area contributed by atoms with Crippen molar-refractivity contribution in [3.63, 3.8) is 0 Å². The average molecular weight is 217 g/mol. The van der Waals surface area contributed by atoms with Crippen LogP contribution in [0.4, 0.5) is 0 Å². The summed E-state index contributed by atoms with van der Waals surface area (Å²) < 4.78 is 0. The molecule has 0 unspecified atom stereocenters. The second kappa shape index (κ2) is 5.01. The molecule has 1 aliphatic heterocycles. The maximum atomic E-state index is 2.65. The first-order valence-corrected chi connectivity index (χ1v) is 6.47. The van der Waals surface area contributed by atoms with E-state index in [9.17, 15) is 0 Å². The van der Waals surface area contributed by atoms with E-state index in [-0.39, 0.29) is 0 Å². The molecule has 0 aromatic heterocycles. The zero-order chi connectivity index (χ0) is 11.4. The van der Waals surface area contributed by atoms with Crippen LogP contribution in [0.15, 0.2) is 30.3 Å². The van der Waals surface area contributed by atoms with Gasteiger partial charge in [0.2, 0.25) is 0 Å². The topological polar surface area (TPSA) is 3.24 Å². The number of hydrogen-bond donors (Lipinski definition) is 0. The molecule has 0 atom stereocenters. The van der Waals surface area contributed by atoms with E-state index >= 15 is 0 Å². The second-order valence-electron chi connectivity index (χ2n) is 5.53. The predicted molar refractivity (Wildman–Crippen MR) is 69.4 cm³/mol. The fourth-order valence-corrected chi connectivity index (χ4v) is 2.59. The van der Waals surface area contributed by atoms with Gasteiger partial charge in [-0.3, -0.25) is 4.90 Å². The number of rotatable bonds is 2. The van der Waals surface area contributed by atoms with Crippen LogP contribution in [0.1, 0.15) is 45.1 Å². The van der Waals surface area contributed by atoms with Gasteiger partial charge in [-0.05, 0) is 38.8 Å². The lowest BCUT2D eigenvalue weighted by Gasteiger charge is -2.37. The third kappa shape index (κ3) is 2.85. The van der Waals surface area contributed by atoms with Gasteiger partial charge in [-0.15, -0.1) is 0 Å². The molecule has 0 amide bonds. The van der Waals surface area contributed by atoms with Crippen molar-refractivity contribution >= 4 is 0 Å². The molecule has 88 valence electrons. The molecular formula is C15H23N. The predicted octanol–water partition coefficient (Wildman–Crippen LogP) is 3.84. The Bertz CT molecular complexity index is 315. The zero-order valence-corrected chi connectivity index (χ0v) is 10.6. The monoisotopic (exact) mass is 217 g/mol. The molecule has 1 aromatic rings. The van der Waals surface area contributed by atoms with Gasteiger partial charge < -0.3 is 0 Å². The fourth-order valence-electron chi connectivity index (χ4n) is 2.59. The lowest BCUT2D eigenvalue weighted by Crippen LogP contribution is -2.42. The summed E-state index contributed by atoms with van der Waals surface area (Å²) in [5.41, 5.74) is 1.81. The van der Waals surface area contributed by atoms with Gasteiger partial charge in [-0.2, -0.15) is 0 Å². The minimum Gasteiger partial charge on any atom is -0.294 e. The Morgan fingerprint density at radius 2 is 1.81 bits per heavy atom. The van der Waals surface area contributed by atoms with Gasteiger partial charge in [0.05, 0.1) is 0 Å². The molecule has 0 N–H and O–H groups in total. The molecule has 0 radical (unpaired) electrons. The van der Waals surface area contributed by atoms with Crippen molar-refractivity contribution in [1.82, 2.24) is 4.90 Å². The molecule has 0 spiro atoms. The van der Waals surface area contributed by atoms with Crippen LogP contribution in [0.2, 0.25) is 0 Å². The van der Waals surface area contributed by atoms with E-state index < -0.39 is 0 Å². The van der Waals surface area contributed by atoms with Crippen molar-refractivity contribution in [2.45, 2.75) is 51.6 Å². The molecule has 1 heterocycles. The summed E-state index contributed by atoms with van der Waals surface area (Å²) in [5, 5.41) is 0. The molecule has 1 heteroatoms. The standard InChI is InChI=1S/C15H23N/c1-15(2)11-7-4-8-12-16(15)13-14-9-5-3-6-10-14/h3,5-6,9-10H,4,7-8,11-13H2,1-2H3. The highest BCUT2D eigenvalue weighted by Gasteiger charge is 2.27. The number of hydrogen-bond acceptors (Lipinski definition) is 1. The van der Waals surface area contributed by atoms with Gasteiger partial charge in [0.1, 0.15) is 0 Å². The smallest absolute Gasteiger partial charge is 0.0239 e. The van der Waals surface area contributed by atoms with Crippen LogP contribution in [0, 0.1) is 0 Å². The second-order valence-corrected chi connectivity index (χ2v) is 5.53. The third-order valence-electron chi connectivity index (χ3n) is 3.79. The van der Waals surface area contributed by atoms with Crippen molar-refractivity contribution in [2.75, 3.05) is 6.54 Å². The van der Waals surface area contributed by atoms with E-state index in [1.165, 1.54) is 37.8 Å². The molecule has 0 bridgehead atoms. The highest BCUT2D eigenvalue weighted by molar-refractivity contribution is 5.15. The number of likely N-dealkylation sites (tertiary alicyclic amines) is 1. The van der Waals surface area contributed by atoms with Crippen LogP contribution in [-0.4, -0.2) is 17.0 Å². The summed E-state index contributed by atoms with van der Waals surface area (Å²) >= 11 is 0. The van der Waals surface area contributed by atoms with Crippen LogP contribution in [0.25, 0.3) is 0 Å². The van der Waals surface area contributed by atoms with E-state index in [0.717, 1.165) is 6.54 Å². The van der Waals surface area contributed by atoms with Crippen LogP contribution in [-0.2, 0) is 6.54 Å². The fraction of sp³-hybridized carbons (Fsp3) is 0.600. The summed E-state index contributed by atoms with van der Waals surface area (Å²) in [6, 6.07) is 10.8. The number of nitrogens with zero attached hydrogens (tertiary/aromatic N) is 1. The van der Waals surface area contributed by atoms with Gasteiger partial charge in [0, 0.05) is 12.1 Å². The van der Waals surface area contributed by atoms with Gasteiger partial charge in [0.25, 0.3) is 0 Å². The molecule has 16 heavy (non-hydrogen) atoms. The van der Waals surface area contributed by atoms with Gasteiger partial charge in [-0.25, -0.2) is 0 Å². The van der Waals surface area contributed by atoms with E-state index in [0.29, 0.717) is 5.54 Å². The minimum absolute atomic E-state index is 0.367. The van der Waals surface area contributed by atoms with Crippen molar-refractivity contribution in [2.24, 2.45) is 0 Å². The number of benzene rings is 1. The average Bonchev–Trinajstić information content (AvgIpc) is 2.43. The molecule has 0 saturated carbocycles. The quantitative estimate of drug-likeness (QED) is 0.727. The SMILES string of the molecule is CC1(C)CCCCCN1Cc1ccccc1. The van der Waals surface area contributed by atoms with Crippen LogP contribution < -0.4 is 0 Å². The van der Waals surface area contributed by atoms with Crippen molar-refractivity contribution in [1.29, 1.82) is 0 Å². The molecule has 2 rings (SSSR count). The van der Waals surface area contributed by atoms with Crippen molar-refractivity contribution in [3.8, 4) is 0 Å². The zero-order valence-electron chi connectivity index (χ0n) is 10.6. The largest absolute Gasteiger partial charge is 0.294 e. The van der Waals surface area contributed by atoms with Crippen molar-refractivity contribution in [3.05, 3.63) is 35.9 Å². The first-order valence-electron chi connectivity index (χ1n) is 6.47. The summed E-state index contributed by atoms with van der Waals surface area (Å²) in [6.07, 6.45) is 5.48. The maximum Gasteiger partial charge on any atom is 0.0239 e. The van der Waals surface area contributed by atoms with E-state index in [2.05, 4.69) is 49.1 Å². The van der Waals surface area contributed by atoms with Gasteiger partial charge in [-0.1, -0.05) is 43.2 Å². The Morgan fingerprint density at radius 1 is 1.06 bits per heavy atom. The first kappa shape index (κ1) is 11.7. The van der Waals surface area contributed by atoms with E-state index in [4.69, 9.17) is 0 Å². The summed E-state index contributed by atoms with van der Waals surface area (Å²) in [7, 11) is 0. The molecule has 0 aliphatic carbocycles. The Hall–Kier alpha value is -0.820. The molecule has 1 aromatic carbocycles. The Balaban J connectivity index is 2.07. The molecule has 1 aliphatic rings. The van der Waals surface area contributed by atoms with Gasteiger partial charge >= 0.3 is 0 Å². The molecule has 1 fully saturated rings. The third-order valence-corrected chi connectivity index (χ3v) is 3.79. The highest BCUT2D eigenvalue weighted by Crippen LogP contribution is 2.27. The molecule has 1 saturated heterocycles. The van der Waals surface area contributed by atoms with Crippen LogP contribution in [0.3, 0.4) is 0 Å². The summed E-state index contributed by atoms with van der Waals surface area (Å²) in [6.45, 7) is 7.14. The van der Waals surface area contributed by atoms with Crippen LogP contribution in [0.5, 0.6) is 0 Å². The normalized spacial score (nSPS) is 21.6. The highest BCUT2D eigenvalue weighted by atomic mass is 15.2. The van der Waals surface area contributed by atoms with E-state index in [1.807, 2.05) is 0 Å². The Kier molecular flexibility index (Phi) is 3.65. The molecule has 1 nitrogen and oxygen atoms in total. The minimum atomic E-state index is 0.367. The van der Waals surface area contributed by atoms with Crippen LogP contribution >= 0.6 is 0 Å². The Morgan fingerprint density at radius 3 is 2.56 bits per heavy atom. The first-order chi connectivity index (χ1) is 7.68. The Labute approximate surface area is 99.5 Å². The summed E-state index contributed by atoms with van der Waals surface area (Å²) in [4.78, 5) is 2.65. The van der Waals surface area contributed by atoms with Crippen molar-refractivity contribution < 1.29 is 0 Å².